The minimum absolute atomic E-state index is 0.246. The number of carboxylic acids is 2. The molecule has 2 N–H and O–H groups in total. The van der Waals surface area contributed by atoms with Crippen molar-refractivity contribution in [3.05, 3.63) is 0 Å². The van der Waals surface area contributed by atoms with Gasteiger partial charge in [-0.2, -0.15) is 0 Å². The number of ether oxygens (including phenoxy) is 1. The molecule has 3 atom stereocenters. The van der Waals surface area contributed by atoms with Gasteiger partial charge in [-0.15, -0.1) is 0 Å². The number of piperidine rings is 1. The van der Waals surface area contributed by atoms with Gasteiger partial charge in [0, 0.05) is 19.2 Å². The van der Waals surface area contributed by atoms with Crippen molar-refractivity contribution in [2.75, 3.05) is 26.3 Å². The number of aliphatic carboxylic acids is 2. The lowest BCUT2D eigenvalue weighted by atomic mass is 9.84. The van der Waals surface area contributed by atoms with E-state index < -0.39 is 23.8 Å². The second-order valence-corrected chi connectivity index (χ2v) is 5.04. The van der Waals surface area contributed by atoms with Crippen molar-refractivity contribution in [3.8, 4) is 0 Å². The number of hydrogen-bond acceptors (Lipinski definition) is 4. The summed E-state index contributed by atoms with van der Waals surface area (Å²) in [7, 11) is 0. The van der Waals surface area contributed by atoms with Gasteiger partial charge in [0.2, 0.25) is 0 Å². The van der Waals surface area contributed by atoms with E-state index in [0.29, 0.717) is 26.1 Å². The highest BCUT2D eigenvalue weighted by molar-refractivity contribution is 5.80. The predicted molar refractivity (Wildman–Crippen MR) is 62.3 cm³/mol. The summed E-state index contributed by atoms with van der Waals surface area (Å²) >= 11 is 0. The molecule has 0 bridgehead atoms. The average molecular weight is 257 g/mol. The standard InChI is InChI=1S/C12H19NO5/c14-11(15)9-3-4-13(6-10(9)12(16)17)8-2-1-5-18-7-8/h8-10H,1-7H2,(H,14,15)(H,16,17). The molecule has 3 unspecified atom stereocenters. The van der Waals surface area contributed by atoms with E-state index in [-0.39, 0.29) is 6.04 Å². The molecule has 6 heteroatoms. The molecule has 0 aliphatic carbocycles. The van der Waals surface area contributed by atoms with Crippen molar-refractivity contribution in [2.45, 2.75) is 25.3 Å². The molecule has 2 fully saturated rings. The van der Waals surface area contributed by atoms with Crippen LogP contribution in [0, 0.1) is 11.8 Å². The lowest BCUT2D eigenvalue weighted by Crippen LogP contribution is -2.52. The summed E-state index contributed by atoms with van der Waals surface area (Å²) in [5.41, 5.74) is 0. The third kappa shape index (κ3) is 2.81. The smallest absolute Gasteiger partial charge is 0.308 e. The van der Waals surface area contributed by atoms with Crippen LogP contribution in [-0.4, -0.2) is 59.4 Å². The molecule has 0 radical (unpaired) electrons. The van der Waals surface area contributed by atoms with Crippen LogP contribution in [-0.2, 0) is 14.3 Å². The first-order chi connectivity index (χ1) is 8.59. The number of hydrogen-bond donors (Lipinski definition) is 2. The number of carbonyl (C=O) groups is 2. The number of carboxylic acid groups (broad SMARTS) is 2. The van der Waals surface area contributed by atoms with Crippen LogP contribution in [0.5, 0.6) is 0 Å². The first-order valence-electron chi connectivity index (χ1n) is 6.37. The summed E-state index contributed by atoms with van der Waals surface area (Å²) in [5, 5.41) is 18.2. The van der Waals surface area contributed by atoms with Gasteiger partial charge in [-0.3, -0.25) is 14.5 Å². The highest BCUT2D eigenvalue weighted by atomic mass is 16.5. The molecule has 2 rings (SSSR count). The van der Waals surface area contributed by atoms with E-state index in [1.807, 2.05) is 0 Å². The minimum atomic E-state index is -1.01. The molecular weight excluding hydrogens is 238 g/mol. The van der Waals surface area contributed by atoms with Gasteiger partial charge in [0.05, 0.1) is 18.4 Å². The van der Waals surface area contributed by atoms with Crippen LogP contribution in [0.25, 0.3) is 0 Å². The molecule has 102 valence electrons. The Morgan fingerprint density at radius 1 is 1.11 bits per heavy atom. The van der Waals surface area contributed by atoms with Crippen molar-refractivity contribution in [3.63, 3.8) is 0 Å². The Kier molecular flexibility index (Phi) is 4.19. The Balaban J connectivity index is 2.01. The maximum absolute atomic E-state index is 11.2. The molecule has 0 saturated carbocycles. The summed E-state index contributed by atoms with van der Waals surface area (Å²) in [5.74, 6) is -3.58. The summed E-state index contributed by atoms with van der Waals surface area (Å²) in [6.07, 6.45) is 2.40. The van der Waals surface area contributed by atoms with Crippen LogP contribution in [0.2, 0.25) is 0 Å². The van der Waals surface area contributed by atoms with Crippen LogP contribution < -0.4 is 0 Å². The van der Waals surface area contributed by atoms with Crippen LogP contribution in [0.4, 0.5) is 0 Å². The monoisotopic (exact) mass is 257 g/mol. The Morgan fingerprint density at radius 2 is 1.83 bits per heavy atom. The fraction of sp³-hybridized carbons (Fsp3) is 0.833. The molecular formula is C12H19NO5. The quantitative estimate of drug-likeness (QED) is 0.754. The fourth-order valence-corrected chi connectivity index (χ4v) is 2.87. The third-order valence-corrected chi connectivity index (χ3v) is 3.93. The zero-order valence-corrected chi connectivity index (χ0v) is 10.2. The van der Waals surface area contributed by atoms with E-state index in [1.165, 1.54) is 0 Å². The summed E-state index contributed by atoms with van der Waals surface area (Å²) < 4.78 is 5.40. The molecule has 0 aromatic carbocycles. The molecule has 0 spiro atoms. The lowest BCUT2D eigenvalue weighted by Gasteiger charge is -2.40. The largest absolute Gasteiger partial charge is 0.481 e. The van der Waals surface area contributed by atoms with Crippen LogP contribution in [0.15, 0.2) is 0 Å². The van der Waals surface area contributed by atoms with Gasteiger partial charge >= 0.3 is 11.9 Å². The predicted octanol–water partition coefficient (Wildman–Crippen LogP) is 0.273. The summed E-state index contributed by atoms with van der Waals surface area (Å²) in [4.78, 5) is 24.3. The van der Waals surface area contributed by atoms with Crippen molar-refractivity contribution in [1.29, 1.82) is 0 Å². The second kappa shape index (κ2) is 5.67. The van der Waals surface area contributed by atoms with E-state index in [9.17, 15) is 9.59 Å². The molecule has 2 heterocycles. The second-order valence-electron chi connectivity index (χ2n) is 5.04. The minimum Gasteiger partial charge on any atom is -0.481 e. The molecule has 0 amide bonds. The number of likely N-dealkylation sites (tertiary alicyclic amines) is 1. The van der Waals surface area contributed by atoms with Crippen molar-refractivity contribution in [1.82, 2.24) is 4.90 Å². The van der Waals surface area contributed by atoms with Crippen molar-refractivity contribution < 1.29 is 24.5 Å². The van der Waals surface area contributed by atoms with Gasteiger partial charge in [-0.25, -0.2) is 0 Å². The first-order valence-corrected chi connectivity index (χ1v) is 6.37. The highest BCUT2D eigenvalue weighted by Crippen LogP contribution is 2.27. The highest BCUT2D eigenvalue weighted by Gasteiger charge is 2.40. The Bertz CT molecular complexity index is 326. The van der Waals surface area contributed by atoms with Crippen LogP contribution >= 0.6 is 0 Å². The molecule has 0 aromatic heterocycles. The maximum atomic E-state index is 11.2. The fourth-order valence-electron chi connectivity index (χ4n) is 2.87. The molecule has 2 aliphatic rings. The Morgan fingerprint density at radius 3 is 2.39 bits per heavy atom. The Labute approximate surface area is 106 Å². The van der Waals surface area contributed by atoms with E-state index in [0.717, 1.165) is 19.4 Å². The summed E-state index contributed by atoms with van der Waals surface area (Å²) in [6, 6.07) is 0.246. The zero-order chi connectivity index (χ0) is 13.1. The molecule has 2 saturated heterocycles. The molecule has 0 aromatic rings. The third-order valence-electron chi connectivity index (χ3n) is 3.93. The SMILES string of the molecule is O=C(O)C1CCN(C2CCCOC2)CC1C(=O)O. The average Bonchev–Trinajstić information content (AvgIpc) is 2.39. The lowest BCUT2D eigenvalue weighted by molar-refractivity contribution is -0.158. The normalized spacial score (nSPS) is 34.1. The van der Waals surface area contributed by atoms with Gasteiger partial charge in [0.25, 0.3) is 0 Å². The van der Waals surface area contributed by atoms with Crippen molar-refractivity contribution in [2.24, 2.45) is 11.8 Å². The topological polar surface area (TPSA) is 87.1 Å². The number of nitrogens with zero attached hydrogens (tertiary/aromatic N) is 1. The molecule has 18 heavy (non-hydrogen) atoms. The van der Waals surface area contributed by atoms with E-state index in [1.54, 1.807) is 0 Å². The van der Waals surface area contributed by atoms with Gasteiger partial charge in [0.1, 0.15) is 0 Å². The number of rotatable bonds is 3. The van der Waals surface area contributed by atoms with Crippen molar-refractivity contribution >= 4 is 11.9 Å². The first kappa shape index (κ1) is 13.3. The molecule has 6 nitrogen and oxygen atoms in total. The van der Waals surface area contributed by atoms with Crippen LogP contribution in [0.3, 0.4) is 0 Å². The van der Waals surface area contributed by atoms with Crippen LogP contribution in [0.1, 0.15) is 19.3 Å². The summed E-state index contributed by atoms with van der Waals surface area (Å²) in [6.45, 7) is 2.36. The van der Waals surface area contributed by atoms with Gasteiger partial charge in [-0.05, 0) is 25.8 Å². The van der Waals surface area contributed by atoms with Gasteiger partial charge in [-0.1, -0.05) is 0 Å². The Hall–Kier alpha value is -1.14. The zero-order valence-electron chi connectivity index (χ0n) is 10.2. The van der Waals surface area contributed by atoms with E-state index in [2.05, 4.69) is 4.90 Å². The maximum Gasteiger partial charge on any atom is 0.308 e. The van der Waals surface area contributed by atoms with E-state index >= 15 is 0 Å². The van der Waals surface area contributed by atoms with E-state index in [4.69, 9.17) is 14.9 Å². The van der Waals surface area contributed by atoms with Gasteiger partial charge < -0.3 is 14.9 Å². The molecule has 2 aliphatic heterocycles. The van der Waals surface area contributed by atoms with Gasteiger partial charge in [0.15, 0.2) is 0 Å².